The Morgan fingerprint density at radius 3 is 2.06 bits per heavy atom. The van der Waals surface area contributed by atoms with E-state index < -0.39 is 21.9 Å². The summed E-state index contributed by atoms with van der Waals surface area (Å²) in [5.41, 5.74) is 5.97. The third-order valence-corrected chi connectivity index (χ3v) is 1.61. The Kier molecular flexibility index (Phi) is 5.01. The highest BCUT2D eigenvalue weighted by Gasteiger charge is 2.09. The maximum atomic E-state index is 11.1. The number of H-pyrrole nitrogens is 1. The second-order valence-electron chi connectivity index (χ2n) is 3.15. The smallest absolute Gasteiger partial charge is 0.365 e. The summed E-state index contributed by atoms with van der Waals surface area (Å²) < 4.78 is 31.6. The van der Waals surface area contributed by atoms with Crippen molar-refractivity contribution in [1.82, 2.24) is 4.98 Å². The van der Waals surface area contributed by atoms with Crippen molar-refractivity contribution in [2.75, 3.05) is 0 Å². The van der Waals surface area contributed by atoms with E-state index >= 15 is 0 Å². The van der Waals surface area contributed by atoms with Gasteiger partial charge < -0.3 is 10.7 Å². The minimum Gasteiger partial charge on any atom is -0.365 e. The number of primary amides is 1. The molecule has 96 valence electrons. The number of nitrogens with two attached hydrogens (primary N) is 1. The predicted molar refractivity (Wildman–Crippen MR) is 59.2 cm³/mol. The van der Waals surface area contributed by atoms with Crippen LogP contribution in [-0.2, 0) is 10.4 Å². The zero-order valence-corrected chi connectivity index (χ0v) is 9.91. The molecule has 1 aromatic heterocycles. The topological polar surface area (TPSA) is 151 Å². The minimum atomic E-state index is -4.67. The molecule has 0 aliphatic carbocycles. The maximum absolute atomic E-state index is 11.1. The maximum Gasteiger partial charge on any atom is 0.394 e. The Morgan fingerprint density at radius 2 is 1.76 bits per heavy atom. The number of aromatic nitrogens is 1. The molecule has 5 N–H and O–H groups in total. The summed E-state index contributed by atoms with van der Waals surface area (Å²) in [4.78, 5) is 24.4. The molecular weight excluding hydrogens is 252 g/mol. The summed E-state index contributed by atoms with van der Waals surface area (Å²) in [6.45, 7) is 3.43. The first-order valence-corrected chi connectivity index (χ1v) is 5.62. The average Bonchev–Trinajstić information content (AvgIpc) is 1.95. The first kappa shape index (κ1) is 15.3. The number of nitrogens with one attached hydrogen (secondary N) is 1. The molecule has 0 unspecified atom stereocenters. The molecule has 0 saturated heterocycles. The number of hydrogen-bond acceptors (Lipinski definition) is 4. The van der Waals surface area contributed by atoms with Gasteiger partial charge >= 0.3 is 10.4 Å². The van der Waals surface area contributed by atoms with Gasteiger partial charge in [-0.3, -0.25) is 18.7 Å². The third-order valence-electron chi connectivity index (χ3n) is 1.61. The van der Waals surface area contributed by atoms with Crippen LogP contribution in [0.25, 0.3) is 0 Å². The molecule has 0 spiro atoms. The molecule has 17 heavy (non-hydrogen) atoms. The molecule has 0 atom stereocenters. The lowest BCUT2D eigenvalue weighted by molar-refractivity contribution is 0.0998. The lowest BCUT2D eigenvalue weighted by Gasteiger charge is -2.00. The summed E-state index contributed by atoms with van der Waals surface area (Å²) >= 11 is 0. The number of hydrogen-bond donors (Lipinski definition) is 4. The van der Waals surface area contributed by atoms with E-state index in [0.29, 0.717) is 5.56 Å². The summed E-state index contributed by atoms with van der Waals surface area (Å²) in [5, 5.41) is 0. The number of pyridine rings is 1. The van der Waals surface area contributed by atoms with Gasteiger partial charge in [0.05, 0.1) is 0 Å². The molecule has 0 fully saturated rings. The number of carbonyl (C=O) groups excluding carboxylic acids is 1. The molecule has 1 rings (SSSR count). The summed E-state index contributed by atoms with van der Waals surface area (Å²) in [7, 11) is -4.67. The molecule has 0 radical (unpaired) electrons. The van der Waals surface area contributed by atoms with Crippen molar-refractivity contribution in [3.8, 4) is 0 Å². The summed E-state index contributed by atoms with van der Waals surface area (Å²) in [6.07, 6.45) is 0. The van der Waals surface area contributed by atoms with E-state index in [1.807, 2.05) is 0 Å². The van der Waals surface area contributed by atoms with Gasteiger partial charge in [-0.05, 0) is 25.5 Å². The lowest BCUT2D eigenvalue weighted by atomic mass is 10.1. The number of amides is 1. The second kappa shape index (κ2) is 5.57. The second-order valence-corrected chi connectivity index (χ2v) is 4.05. The molecule has 0 bridgehead atoms. The van der Waals surface area contributed by atoms with Gasteiger partial charge in [-0.2, -0.15) is 8.42 Å². The molecule has 0 saturated carbocycles. The van der Waals surface area contributed by atoms with Crippen LogP contribution in [-0.4, -0.2) is 28.4 Å². The van der Waals surface area contributed by atoms with E-state index in [9.17, 15) is 9.59 Å². The molecule has 0 aliphatic heterocycles. The molecule has 9 heteroatoms. The highest BCUT2D eigenvalue weighted by atomic mass is 32.3. The molecule has 8 nitrogen and oxygen atoms in total. The van der Waals surface area contributed by atoms with Gasteiger partial charge in [-0.1, -0.05) is 0 Å². The molecule has 0 aromatic carbocycles. The fourth-order valence-electron chi connectivity index (χ4n) is 1.16. The van der Waals surface area contributed by atoms with Crippen LogP contribution in [0.15, 0.2) is 10.9 Å². The Balaban J connectivity index is 0.000000437. The number of aryl methyl sites for hydroxylation is 2. The molecule has 1 amide bonds. The number of rotatable bonds is 1. The zero-order chi connectivity index (χ0) is 13.8. The fraction of sp³-hybridized carbons (Fsp3) is 0.250. The van der Waals surface area contributed by atoms with Gasteiger partial charge in [0.15, 0.2) is 0 Å². The van der Waals surface area contributed by atoms with E-state index in [-0.39, 0.29) is 5.56 Å². The van der Waals surface area contributed by atoms with Crippen molar-refractivity contribution in [1.29, 1.82) is 0 Å². The van der Waals surface area contributed by atoms with Gasteiger partial charge in [0.1, 0.15) is 5.56 Å². The lowest BCUT2D eigenvalue weighted by Crippen LogP contribution is -2.25. The van der Waals surface area contributed by atoms with Crippen LogP contribution in [0.2, 0.25) is 0 Å². The molecule has 1 heterocycles. The van der Waals surface area contributed by atoms with Gasteiger partial charge in [0.25, 0.3) is 11.5 Å². The van der Waals surface area contributed by atoms with Crippen LogP contribution in [0, 0.1) is 13.8 Å². The third kappa shape index (κ3) is 6.45. The van der Waals surface area contributed by atoms with Crippen LogP contribution in [0.4, 0.5) is 0 Å². The van der Waals surface area contributed by atoms with E-state index in [2.05, 4.69) is 4.98 Å². The zero-order valence-electron chi connectivity index (χ0n) is 9.09. The van der Waals surface area contributed by atoms with Gasteiger partial charge in [0.2, 0.25) is 0 Å². The number of aromatic amines is 1. The van der Waals surface area contributed by atoms with E-state index in [4.69, 9.17) is 23.3 Å². The largest absolute Gasteiger partial charge is 0.394 e. The predicted octanol–water partition coefficient (Wildman–Crippen LogP) is -0.562. The van der Waals surface area contributed by atoms with Crippen molar-refractivity contribution >= 4 is 16.3 Å². The van der Waals surface area contributed by atoms with E-state index in [1.165, 1.54) is 0 Å². The Bertz CT molecular complexity index is 566. The average molecular weight is 264 g/mol. The Morgan fingerprint density at radius 1 is 1.35 bits per heavy atom. The van der Waals surface area contributed by atoms with Crippen LogP contribution in [0.1, 0.15) is 21.6 Å². The van der Waals surface area contributed by atoms with Crippen molar-refractivity contribution < 1.29 is 22.3 Å². The molecule has 0 aliphatic rings. The highest BCUT2D eigenvalue weighted by molar-refractivity contribution is 7.79. The van der Waals surface area contributed by atoms with Crippen molar-refractivity contribution in [3.63, 3.8) is 0 Å². The molecular formula is C8H12N2O6S. The highest BCUT2D eigenvalue weighted by Crippen LogP contribution is 2.01. The van der Waals surface area contributed by atoms with Gasteiger partial charge in [-0.15, -0.1) is 0 Å². The SMILES string of the molecule is Cc1cc(C)c(C(N)=O)c(=O)[nH]1.O=S(=O)(O)O. The molecule has 1 aromatic rings. The summed E-state index contributed by atoms with van der Waals surface area (Å²) in [5.74, 6) is -0.686. The van der Waals surface area contributed by atoms with Crippen LogP contribution >= 0.6 is 0 Å². The summed E-state index contributed by atoms with van der Waals surface area (Å²) in [6, 6.07) is 1.71. The van der Waals surface area contributed by atoms with Crippen molar-refractivity contribution in [2.24, 2.45) is 5.73 Å². The van der Waals surface area contributed by atoms with Crippen LogP contribution in [0.3, 0.4) is 0 Å². The Labute approximate surface area is 97.0 Å². The monoisotopic (exact) mass is 264 g/mol. The Hall–Kier alpha value is -1.71. The van der Waals surface area contributed by atoms with Crippen molar-refractivity contribution in [3.05, 3.63) is 33.2 Å². The van der Waals surface area contributed by atoms with Crippen LogP contribution in [0.5, 0.6) is 0 Å². The fourth-order valence-corrected chi connectivity index (χ4v) is 1.16. The van der Waals surface area contributed by atoms with Gasteiger partial charge in [0, 0.05) is 5.69 Å². The minimum absolute atomic E-state index is 0.0422. The first-order chi connectivity index (χ1) is 7.52. The van der Waals surface area contributed by atoms with E-state index in [0.717, 1.165) is 5.69 Å². The van der Waals surface area contributed by atoms with E-state index in [1.54, 1.807) is 19.9 Å². The number of carbonyl (C=O) groups is 1. The normalized spacial score (nSPS) is 10.4. The van der Waals surface area contributed by atoms with Gasteiger partial charge in [-0.25, -0.2) is 0 Å². The quantitative estimate of drug-likeness (QED) is 0.499. The van der Waals surface area contributed by atoms with Crippen molar-refractivity contribution in [2.45, 2.75) is 13.8 Å². The first-order valence-electron chi connectivity index (χ1n) is 4.22. The van der Waals surface area contributed by atoms with Crippen LogP contribution < -0.4 is 11.3 Å². The standard InChI is InChI=1S/C8H10N2O2.H2O4S/c1-4-3-5(2)10-8(12)6(4)7(9)11;1-5(2,3)4/h3H,1-2H3,(H2,9,11)(H,10,12);(H2,1,2,3,4).